The van der Waals surface area contributed by atoms with Gasteiger partial charge in [-0.15, -0.1) is 0 Å². The summed E-state index contributed by atoms with van der Waals surface area (Å²) >= 11 is 0. The number of anilines is 1. The first-order valence-electron chi connectivity index (χ1n) is 4.91. The van der Waals surface area contributed by atoms with Crippen LogP contribution >= 0.6 is 0 Å². The molecule has 0 fully saturated rings. The lowest BCUT2D eigenvalue weighted by atomic mass is 10.3. The molecule has 1 aromatic rings. The van der Waals surface area contributed by atoms with Gasteiger partial charge in [-0.05, 0) is 6.92 Å². The first kappa shape index (κ1) is 12.6. The standard InChI is InChI=1S/C9H16N4O3/c1-6-4-8(13(12-6)2-3-14)11-9(16)7(10)5-15/h4,7,14-15H,2-3,5,10H2,1H3,(H,11,16). The van der Waals surface area contributed by atoms with Crippen molar-refractivity contribution in [2.45, 2.75) is 19.5 Å². The molecule has 7 heteroatoms. The molecule has 1 amide bonds. The van der Waals surface area contributed by atoms with Crippen LogP contribution < -0.4 is 11.1 Å². The molecule has 1 heterocycles. The summed E-state index contributed by atoms with van der Waals surface area (Å²) in [4.78, 5) is 11.4. The number of carbonyl (C=O) groups is 1. The predicted molar refractivity (Wildman–Crippen MR) is 57.7 cm³/mol. The van der Waals surface area contributed by atoms with E-state index >= 15 is 0 Å². The van der Waals surface area contributed by atoms with Crippen LogP contribution in [0, 0.1) is 6.92 Å². The zero-order chi connectivity index (χ0) is 12.1. The molecule has 0 aromatic carbocycles. The van der Waals surface area contributed by atoms with Gasteiger partial charge in [0.05, 0.1) is 25.5 Å². The molecule has 0 aliphatic heterocycles. The molecular weight excluding hydrogens is 212 g/mol. The van der Waals surface area contributed by atoms with E-state index in [2.05, 4.69) is 10.4 Å². The van der Waals surface area contributed by atoms with Crippen LogP contribution in [-0.4, -0.2) is 45.2 Å². The minimum Gasteiger partial charge on any atom is -0.394 e. The molecule has 0 saturated carbocycles. The lowest BCUT2D eigenvalue weighted by Crippen LogP contribution is -2.39. The number of hydrogen-bond donors (Lipinski definition) is 4. The summed E-state index contributed by atoms with van der Waals surface area (Å²) < 4.78 is 1.47. The van der Waals surface area contributed by atoms with E-state index in [-0.39, 0.29) is 13.2 Å². The van der Waals surface area contributed by atoms with E-state index in [4.69, 9.17) is 15.9 Å². The van der Waals surface area contributed by atoms with Crippen LogP contribution in [0.4, 0.5) is 5.82 Å². The Morgan fingerprint density at radius 3 is 2.94 bits per heavy atom. The van der Waals surface area contributed by atoms with Crippen LogP contribution in [-0.2, 0) is 11.3 Å². The van der Waals surface area contributed by atoms with Crippen molar-refractivity contribution in [1.29, 1.82) is 0 Å². The molecule has 7 nitrogen and oxygen atoms in total. The summed E-state index contributed by atoms with van der Waals surface area (Å²) in [5.41, 5.74) is 6.08. The van der Waals surface area contributed by atoms with Gasteiger partial charge in [-0.3, -0.25) is 4.79 Å². The molecule has 0 bridgehead atoms. The van der Waals surface area contributed by atoms with Crippen LogP contribution in [0.1, 0.15) is 5.69 Å². The van der Waals surface area contributed by atoms with E-state index in [9.17, 15) is 4.79 Å². The number of nitrogens with two attached hydrogens (primary N) is 1. The van der Waals surface area contributed by atoms with Gasteiger partial charge in [-0.1, -0.05) is 0 Å². The van der Waals surface area contributed by atoms with Gasteiger partial charge in [0.1, 0.15) is 11.9 Å². The Bertz CT molecular complexity index is 364. The van der Waals surface area contributed by atoms with Crippen LogP contribution in [0.3, 0.4) is 0 Å². The van der Waals surface area contributed by atoms with Crippen molar-refractivity contribution >= 4 is 11.7 Å². The fraction of sp³-hybridized carbons (Fsp3) is 0.556. The number of aliphatic hydroxyl groups is 2. The zero-order valence-corrected chi connectivity index (χ0v) is 9.05. The molecule has 0 radical (unpaired) electrons. The van der Waals surface area contributed by atoms with Gasteiger partial charge in [0.25, 0.3) is 0 Å². The van der Waals surface area contributed by atoms with Crippen molar-refractivity contribution in [2.24, 2.45) is 5.73 Å². The maximum Gasteiger partial charge on any atom is 0.244 e. The van der Waals surface area contributed by atoms with E-state index in [1.807, 2.05) is 0 Å². The summed E-state index contributed by atoms with van der Waals surface area (Å²) in [6, 6.07) is 0.704. The molecule has 0 spiro atoms. The van der Waals surface area contributed by atoms with E-state index in [0.29, 0.717) is 5.82 Å². The number of aryl methyl sites for hydroxylation is 1. The fourth-order valence-electron chi connectivity index (χ4n) is 1.21. The molecule has 1 unspecified atom stereocenters. The van der Waals surface area contributed by atoms with Crippen LogP contribution in [0.25, 0.3) is 0 Å². The first-order valence-corrected chi connectivity index (χ1v) is 4.91. The highest BCUT2D eigenvalue weighted by molar-refractivity contribution is 5.94. The Hall–Kier alpha value is -1.44. The molecule has 1 atom stereocenters. The minimum absolute atomic E-state index is 0.0734. The molecule has 0 aliphatic carbocycles. The van der Waals surface area contributed by atoms with Crippen LogP contribution in [0.2, 0.25) is 0 Å². The maximum absolute atomic E-state index is 11.4. The molecule has 90 valence electrons. The molecule has 16 heavy (non-hydrogen) atoms. The SMILES string of the molecule is Cc1cc(NC(=O)C(N)CO)n(CCO)n1. The molecule has 1 rings (SSSR count). The van der Waals surface area contributed by atoms with Gasteiger partial charge in [0.15, 0.2) is 0 Å². The molecular formula is C9H16N4O3. The summed E-state index contributed by atoms with van der Waals surface area (Å²) in [7, 11) is 0. The number of nitrogens with one attached hydrogen (secondary N) is 1. The van der Waals surface area contributed by atoms with Crippen molar-refractivity contribution in [3.8, 4) is 0 Å². The third kappa shape index (κ3) is 3.02. The number of nitrogens with zero attached hydrogens (tertiary/aromatic N) is 2. The van der Waals surface area contributed by atoms with Gasteiger partial charge in [0, 0.05) is 6.07 Å². The van der Waals surface area contributed by atoms with Crippen molar-refractivity contribution in [3.63, 3.8) is 0 Å². The molecule has 0 aliphatic rings. The van der Waals surface area contributed by atoms with E-state index in [1.54, 1.807) is 13.0 Å². The van der Waals surface area contributed by atoms with E-state index in [1.165, 1.54) is 4.68 Å². The van der Waals surface area contributed by atoms with Crippen molar-refractivity contribution < 1.29 is 15.0 Å². The monoisotopic (exact) mass is 228 g/mol. The van der Waals surface area contributed by atoms with E-state index < -0.39 is 18.6 Å². The third-order valence-electron chi connectivity index (χ3n) is 2.00. The Balaban J connectivity index is 2.75. The molecule has 1 aromatic heterocycles. The number of carbonyl (C=O) groups excluding carboxylic acids is 1. The lowest BCUT2D eigenvalue weighted by molar-refractivity contribution is -0.118. The van der Waals surface area contributed by atoms with Crippen molar-refractivity contribution in [1.82, 2.24) is 9.78 Å². The summed E-state index contributed by atoms with van der Waals surface area (Å²) in [5, 5.41) is 24.1. The summed E-state index contributed by atoms with van der Waals surface area (Å²) in [6.45, 7) is 1.57. The van der Waals surface area contributed by atoms with E-state index in [0.717, 1.165) is 5.69 Å². The number of hydrogen-bond acceptors (Lipinski definition) is 5. The number of aromatic nitrogens is 2. The second kappa shape index (κ2) is 5.59. The van der Waals surface area contributed by atoms with Gasteiger partial charge in [-0.25, -0.2) is 4.68 Å². The predicted octanol–water partition coefficient (Wildman–Crippen LogP) is -1.56. The summed E-state index contributed by atoms with van der Waals surface area (Å²) in [6.07, 6.45) is 0. The van der Waals surface area contributed by atoms with Gasteiger partial charge < -0.3 is 21.3 Å². The smallest absolute Gasteiger partial charge is 0.244 e. The quantitative estimate of drug-likeness (QED) is 0.487. The molecule has 0 saturated heterocycles. The largest absolute Gasteiger partial charge is 0.394 e. The lowest BCUT2D eigenvalue weighted by Gasteiger charge is -2.10. The molecule has 5 N–H and O–H groups in total. The Labute approximate surface area is 92.9 Å². The Kier molecular flexibility index (Phi) is 4.41. The summed E-state index contributed by atoms with van der Waals surface area (Å²) in [5.74, 6) is -0.0259. The zero-order valence-electron chi connectivity index (χ0n) is 9.05. The highest BCUT2D eigenvalue weighted by atomic mass is 16.3. The third-order valence-corrected chi connectivity index (χ3v) is 2.00. The Morgan fingerprint density at radius 2 is 2.38 bits per heavy atom. The number of amides is 1. The highest BCUT2D eigenvalue weighted by Crippen LogP contribution is 2.09. The van der Waals surface area contributed by atoms with Crippen molar-refractivity contribution in [2.75, 3.05) is 18.5 Å². The average Bonchev–Trinajstić information content (AvgIpc) is 2.58. The normalized spacial score (nSPS) is 12.5. The van der Waals surface area contributed by atoms with Gasteiger partial charge in [0.2, 0.25) is 5.91 Å². The van der Waals surface area contributed by atoms with Crippen LogP contribution in [0.15, 0.2) is 6.07 Å². The fourth-order valence-corrected chi connectivity index (χ4v) is 1.21. The Morgan fingerprint density at radius 1 is 1.69 bits per heavy atom. The van der Waals surface area contributed by atoms with Gasteiger partial charge in [-0.2, -0.15) is 5.10 Å². The highest BCUT2D eigenvalue weighted by Gasteiger charge is 2.14. The van der Waals surface area contributed by atoms with Crippen molar-refractivity contribution in [3.05, 3.63) is 11.8 Å². The number of aliphatic hydroxyl groups excluding tert-OH is 2. The van der Waals surface area contributed by atoms with Gasteiger partial charge >= 0.3 is 0 Å². The number of rotatable bonds is 5. The van der Waals surface area contributed by atoms with Crippen LogP contribution in [0.5, 0.6) is 0 Å². The second-order valence-electron chi connectivity index (χ2n) is 3.40. The first-order chi connectivity index (χ1) is 7.58. The topological polar surface area (TPSA) is 113 Å². The second-order valence-corrected chi connectivity index (χ2v) is 3.40. The maximum atomic E-state index is 11.4. The minimum atomic E-state index is -0.960. The average molecular weight is 228 g/mol.